The summed E-state index contributed by atoms with van der Waals surface area (Å²) >= 11 is 6.20. The predicted octanol–water partition coefficient (Wildman–Crippen LogP) is 2.49. The minimum Gasteiger partial charge on any atom is -0.508 e. The van der Waals surface area contributed by atoms with Crippen LogP contribution in [0.25, 0.3) is 0 Å². The highest BCUT2D eigenvalue weighted by Crippen LogP contribution is 2.26. The van der Waals surface area contributed by atoms with E-state index >= 15 is 0 Å². The molecule has 126 valence electrons. The standard InChI is InChI=1S/C18H19ClN2O3/c1-12-9-14(22)10-18(24)21(12)8-6-17(23)20-7-5-15-13(11-20)3-2-4-16(15)19/h2-4,9-10,22H,5-8,11H2,1H3. The van der Waals surface area contributed by atoms with Crippen molar-refractivity contribution in [3.8, 4) is 5.75 Å². The van der Waals surface area contributed by atoms with Crippen molar-refractivity contribution in [3.63, 3.8) is 0 Å². The van der Waals surface area contributed by atoms with Gasteiger partial charge in [0.25, 0.3) is 5.56 Å². The summed E-state index contributed by atoms with van der Waals surface area (Å²) in [4.78, 5) is 26.2. The maximum absolute atomic E-state index is 12.5. The Morgan fingerprint density at radius 2 is 2.12 bits per heavy atom. The van der Waals surface area contributed by atoms with Crippen molar-refractivity contribution in [1.82, 2.24) is 9.47 Å². The number of fused-ring (bicyclic) bond motifs is 1. The number of halogens is 1. The Balaban J connectivity index is 1.68. The number of carbonyl (C=O) groups is 1. The summed E-state index contributed by atoms with van der Waals surface area (Å²) in [5.74, 6) is -0.0374. The number of hydrogen-bond acceptors (Lipinski definition) is 3. The number of aromatic nitrogens is 1. The molecule has 5 nitrogen and oxygen atoms in total. The molecule has 3 rings (SSSR count). The molecular weight excluding hydrogens is 328 g/mol. The summed E-state index contributed by atoms with van der Waals surface area (Å²) in [6.45, 7) is 3.24. The molecule has 1 aliphatic heterocycles. The first-order valence-electron chi connectivity index (χ1n) is 7.90. The van der Waals surface area contributed by atoms with Crippen molar-refractivity contribution >= 4 is 17.5 Å². The van der Waals surface area contributed by atoms with Crippen molar-refractivity contribution in [1.29, 1.82) is 0 Å². The van der Waals surface area contributed by atoms with Crippen LogP contribution in [0, 0.1) is 6.92 Å². The second-order valence-corrected chi connectivity index (χ2v) is 6.44. The minimum absolute atomic E-state index is 0.0139. The van der Waals surface area contributed by atoms with Gasteiger partial charge in [-0.25, -0.2) is 0 Å². The molecule has 0 saturated heterocycles. The van der Waals surface area contributed by atoms with E-state index in [0.29, 0.717) is 25.3 Å². The number of carbonyl (C=O) groups excluding carboxylic acids is 1. The van der Waals surface area contributed by atoms with E-state index in [1.807, 2.05) is 18.2 Å². The Morgan fingerprint density at radius 1 is 1.33 bits per heavy atom. The van der Waals surface area contributed by atoms with Crippen molar-refractivity contribution in [2.75, 3.05) is 6.54 Å². The molecule has 0 fully saturated rings. The monoisotopic (exact) mass is 346 g/mol. The molecule has 1 aromatic heterocycles. The van der Waals surface area contributed by atoms with Crippen LogP contribution in [0.2, 0.25) is 5.02 Å². The lowest BCUT2D eigenvalue weighted by molar-refractivity contribution is -0.132. The van der Waals surface area contributed by atoms with E-state index in [0.717, 1.165) is 28.6 Å². The van der Waals surface area contributed by atoms with Gasteiger partial charge in [-0.05, 0) is 36.6 Å². The Morgan fingerprint density at radius 3 is 2.88 bits per heavy atom. The predicted molar refractivity (Wildman–Crippen MR) is 92.3 cm³/mol. The fraction of sp³-hybridized carbons (Fsp3) is 0.333. The average Bonchev–Trinajstić information content (AvgIpc) is 2.53. The Bertz CT molecular complexity index is 845. The molecule has 0 atom stereocenters. The lowest BCUT2D eigenvalue weighted by atomic mass is 9.99. The number of aromatic hydroxyl groups is 1. The fourth-order valence-corrected chi connectivity index (χ4v) is 3.43. The summed E-state index contributed by atoms with van der Waals surface area (Å²) in [6.07, 6.45) is 1.00. The summed E-state index contributed by atoms with van der Waals surface area (Å²) in [5, 5.41) is 10.2. The third-order valence-corrected chi connectivity index (χ3v) is 4.78. The normalized spacial score (nSPS) is 13.7. The highest BCUT2D eigenvalue weighted by Gasteiger charge is 2.22. The first-order valence-corrected chi connectivity index (χ1v) is 8.28. The van der Waals surface area contributed by atoms with Gasteiger partial charge in [0.1, 0.15) is 5.75 Å². The number of rotatable bonds is 3. The summed E-state index contributed by atoms with van der Waals surface area (Å²) < 4.78 is 1.51. The molecule has 0 saturated carbocycles. The van der Waals surface area contributed by atoms with E-state index in [-0.39, 0.29) is 23.6 Å². The molecule has 0 spiro atoms. The van der Waals surface area contributed by atoms with Crippen LogP contribution in [0.5, 0.6) is 5.75 Å². The van der Waals surface area contributed by atoms with Crippen LogP contribution in [0.4, 0.5) is 0 Å². The van der Waals surface area contributed by atoms with E-state index in [9.17, 15) is 14.7 Å². The van der Waals surface area contributed by atoms with Gasteiger partial charge in [-0.1, -0.05) is 23.7 Å². The van der Waals surface area contributed by atoms with E-state index in [1.54, 1.807) is 11.8 Å². The van der Waals surface area contributed by atoms with Crippen molar-refractivity contribution in [3.05, 3.63) is 62.5 Å². The van der Waals surface area contributed by atoms with Gasteiger partial charge in [-0.2, -0.15) is 0 Å². The third kappa shape index (κ3) is 3.31. The Hall–Kier alpha value is -2.27. The fourth-order valence-electron chi connectivity index (χ4n) is 3.14. The lowest BCUT2D eigenvalue weighted by Crippen LogP contribution is -2.37. The van der Waals surface area contributed by atoms with Crippen molar-refractivity contribution < 1.29 is 9.90 Å². The molecule has 2 aromatic rings. The van der Waals surface area contributed by atoms with Gasteiger partial charge in [0.05, 0.1) is 0 Å². The SMILES string of the molecule is Cc1cc(O)cc(=O)n1CCC(=O)N1CCc2c(Cl)cccc2C1. The molecule has 0 radical (unpaired) electrons. The van der Waals surface area contributed by atoms with Gasteiger partial charge in [-0.3, -0.25) is 9.59 Å². The zero-order chi connectivity index (χ0) is 17.3. The second-order valence-electron chi connectivity index (χ2n) is 6.04. The van der Waals surface area contributed by atoms with Crippen LogP contribution in [-0.4, -0.2) is 27.0 Å². The number of pyridine rings is 1. The quantitative estimate of drug-likeness (QED) is 0.928. The van der Waals surface area contributed by atoms with Gasteiger partial charge in [-0.15, -0.1) is 0 Å². The molecule has 2 heterocycles. The highest BCUT2D eigenvalue weighted by molar-refractivity contribution is 6.31. The molecule has 1 aliphatic rings. The van der Waals surface area contributed by atoms with Crippen LogP contribution in [0.1, 0.15) is 23.2 Å². The maximum atomic E-state index is 12.5. The maximum Gasteiger partial charge on any atom is 0.254 e. The number of amides is 1. The van der Waals surface area contributed by atoms with E-state index in [1.165, 1.54) is 10.6 Å². The van der Waals surface area contributed by atoms with Gasteiger partial charge in [0.2, 0.25) is 5.91 Å². The molecule has 1 N–H and O–H groups in total. The topological polar surface area (TPSA) is 62.5 Å². The van der Waals surface area contributed by atoms with Gasteiger partial charge < -0.3 is 14.6 Å². The Kier molecular flexibility index (Phi) is 4.62. The van der Waals surface area contributed by atoms with E-state index < -0.39 is 0 Å². The summed E-state index contributed by atoms with van der Waals surface area (Å²) in [5.41, 5.74) is 2.55. The first-order chi connectivity index (χ1) is 11.5. The number of benzene rings is 1. The molecule has 24 heavy (non-hydrogen) atoms. The average molecular weight is 347 g/mol. The van der Waals surface area contributed by atoms with Crippen LogP contribution < -0.4 is 5.56 Å². The van der Waals surface area contributed by atoms with E-state index in [4.69, 9.17) is 11.6 Å². The number of nitrogens with zero attached hydrogens (tertiary/aromatic N) is 2. The summed E-state index contributed by atoms with van der Waals surface area (Å²) in [6, 6.07) is 8.45. The molecule has 1 amide bonds. The van der Waals surface area contributed by atoms with Crippen LogP contribution in [-0.2, 0) is 24.3 Å². The molecule has 0 unspecified atom stereocenters. The van der Waals surface area contributed by atoms with Gasteiger partial charge in [0, 0.05) is 42.8 Å². The highest BCUT2D eigenvalue weighted by atomic mass is 35.5. The largest absolute Gasteiger partial charge is 0.508 e. The first kappa shape index (κ1) is 16.6. The zero-order valence-corrected chi connectivity index (χ0v) is 14.2. The second kappa shape index (κ2) is 6.69. The lowest BCUT2D eigenvalue weighted by Gasteiger charge is -2.29. The summed E-state index contributed by atoms with van der Waals surface area (Å²) in [7, 11) is 0. The molecule has 0 bridgehead atoms. The van der Waals surface area contributed by atoms with Gasteiger partial charge >= 0.3 is 0 Å². The number of hydrogen-bond donors (Lipinski definition) is 1. The smallest absolute Gasteiger partial charge is 0.254 e. The van der Waals surface area contributed by atoms with Gasteiger partial charge in [0.15, 0.2) is 0 Å². The van der Waals surface area contributed by atoms with Crippen molar-refractivity contribution in [2.45, 2.75) is 32.9 Å². The molecule has 0 aliphatic carbocycles. The van der Waals surface area contributed by atoms with E-state index in [2.05, 4.69) is 0 Å². The molecule has 1 aromatic carbocycles. The zero-order valence-electron chi connectivity index (χ0n) is 13.5. The van der Waals surface area contributed by atoms with Crippen LogP contribution >= 0.6 is 11.6 Å². The van der Waals surface area contributed by atoms with Crippen LogP contribution in [0.15, 0.2) is 35.1 Å². The Labute approximate surface area is 145 Å². The minimum atomic E-state index is -0.295. The van der Waals surface area contributed by atoms with Crippen LogP contribution in [0.3, 0.4) is 0 Å². The van der Waals surface area contributed by atoms with Crippen molar-refractivity contribution in [2.24, 2.45) is 0 Å². The molecular formula is C18H19ClN2O3. The third-order valence-electron chi connectivity index (χ3n) is 4.43. The number of aryl methyl sites for hydroxylation is 1. The molecule has 6 heteroatoms.